The third kappa shape index (κ3) is 16.6. The summed E-state index contributed by atoms with van der Waals surface area (Å²) in [6, 6.07) is 23.4. The number of piperidine rings is 1. The summed E-state index contributed by atoms with van der Waals surface area (Å²) in [7, 11) is 13.7. The number of hydrogen-bond donors (Lipinski definition) is 8. The summed E-state index contributed by atoms with van der Waals surface area (Å²) in [5, 5.41) is 40.4. The number of likely N-dealkylation sites (tertiary alicyclic amines) is 1. The van der Waals surface area contributed by atoms with Crippen LogP contribution in [-0.2, 0) is 38.5 Å². The Hall–Kier alpha value is -16.3. The number of carbonyl (C=O) groups excluding carboxylic acids is 1. The molecule has 1 amide bonds. The van der Waals surface area contributed by atoms with Gasteiger partial charge in [-0.15, -0.1) is 20.4 Å². The number of amides is 1. The topological polar surface area (TPSA) is 364 Å². The highest BCUT2D eigenvalue weighted by molar-refractivity contribution is 5.94. The molecule has 6 saturated carbocycles. The maximum Gasteiger partial charge on any atom is 0.281 e. The normalized spacial score (nSPS) is 17.6. The lowest BCUT2D eigenvalue weighted by atomic mass is 9.49. The Kier molecular flexibility index (Phi) is 23.2. The second kappa shape index (κ2) is 35.4. The molecular weight excluding hydrogens is 1670 g/mol. The van der Waals surface area contributed by atoms with E-state index in [0.29, 0.717) is 143 Å². The van der Waals surface area contributed by atoms with Crippen LogP contribution in [0, 0.1) is 23.7 Å². The summed E-state index contributed by atoms with van der Waals surface area (Å²) in [6.07, 6.45) is 36.8. The van der Waals surface area contributed by atoms with Crippen LogP contribution in [0.1, 0.15) is 74.8 Å². The first-order valence-corrected chi connectivity index (χ1v) is 43.3. The van der Waals surface area contributed by atoms with Crippen molar-refractivity contribution in [2.24, 2.45) is 51.9 Å². The molecule has 132 heavy (non-hydrogen) atoms. The Balaban J connectivity index is 0.000000118. The summed E-state index contributed by atoms with van der Waals surface area (Å²) in [6.45, 7) is 33.3. The lowest BCUT2D eigenvalue weighted by molar-refractivity contribution is -0.125. The fourth-order valence-corrected chi connectivity index (χ4v) is 18.1. The molecule has 36 heteroatoms. The molecule has 1 saturated heterocycles. The van der Waals surface area contributed by atoms with Crippen LogP contribution in [0.5, 0.6) is 23.5 Å². The molecule has 22 rings (SSSR count). The van der Waals surface area contributed by atoms with Crippen molar-refractivity contribution in [2.75, 3.05) is 85.3 Å². The van der Waals surface area contributed by atoms with E-state index in [1.165, 1.54) is 6.08 Å². The zero-order valence-electron chi connectivity index (χ0n) is 74.8. The number of fused-ring (bicyclic) bond motifs is 5. The monoisotopic (exact) mass is 1780 g/mol. The van der Waals surface area contributed by atoms with Gasteiger partial charge >= 0.3 is 0 Å². The second-order valence-electron chi connectivity index (χ2n) is 34.0. The van der Waals surface area contributed by atoms with Crippen LogP contribution in [0.2, 0.25) is 0 Å². The predicted molar refractivity (Wildman–Crippen MR) is 513 cm³/mol. The summed E-state index contributed by atoms with van der Waals surface area (Å²) in [5.74, 6) is 4.35. The number of imidazole rings is 4. The van der Waals surface area contributed by atoms with E-state index in [1.807, 2.05) is 146 Å². The number of H-pyrrole nitrogens is 1. The molecule has 6 aliphatic carbocycles. The largest absolute Gasteiger partial charge is 0.478 e. The molecule has 13 heterocycles. The maximum atomic E-state index is 13.9. The lowest BCUT2D eigenvalue weighted by Gasteiger charge is -2.62. The molecule has 0 radical (unpaired) electrons. The van der Waals surface area contributed by atoms with Crippen LogP contribution in [0.25, 0.3) is 61.6 Å². The van der Waals surface area contributed by atoms with Crippen LogP contribution in [-0.4, -0.2) is 155 Å². The van der Waals surface area contributed by atoms with Crippen molar-refractivity contribution < 1.29 is 23.7 Å². The van der Waals surface area contributed by atoms with E-state index >= 15 is 0 Å². The average molecular weight is 1780 g/mol. The summed E-state index contributed by atoms with van der Waals surface area (Å²) < 4.78 is 39.4. The minimum absolute atomic E-state index is 0.0200. The summed E-state index contributed by atoms with van der Waals surface area (Å²) in [4.78, 5) is 78.8. The third-order valence-corrected chi connectivity index (χ3v) is 25.2. The Morgan fingerprint density at radius 1 is 0.500 bits per heavy atom. The number of aromatic amines is 1. The number of pyridine rings is 3. The number of aromatic nitrogens is 19. The Morgan fingerprint density at radius 2 is 0.894 bits per heavy atom. The van der Waals surface area contributed by atoms with Gasteiger partial charge in [0.05, 0.1) is 130 Å². The quantitative estimate of drug-likeness (QED) is 0.0153. The van der Waals surface area contributed by atoms with Crippen LogP contribution in [0.15, 0.2) is 256 Å². The van der Waals surface area contributed by atoms with Crippen molar-refractivity contribution in [1.82, 2.24) is 101 Å². The number of anilines is 10. The minimum atomic E-state index is -0.127. The van der Waals surface area contributed by atoms with Crippen LogP contribution in [0.4, 0.5) is 56.9 Å². The number of benzene rings is 3. The predicted octanol–water partition coefficient (Wildman–Crippen LogP) is 14.7. The number of allylic oxidation sites excluding steroid dienone is 3. The first-order chi connectivity index (χ1) is 63.9. The highest BCUT2D eigenvalue weighted by atomic mass is 16.5. The van der Waals surface area contributed by atoms with Gasteiger partial charge < -0.3 is 84.7 Å². The van der Waals surface area contributed by atoms with Crippen LogP contribution in [0.3, 0.4) is 0 Å². The molecule has 11 aromatic heterocycles. The molecule has 3 aromatic carbocycles. The molecule has 2 bridgehead atoms. The van der Waals surface area contributed by atoms with Gasteiger partial charge in [-0.3, -0.25) is 51.6 Å². The van der Waals surface area contributed by atoms with E-state index in [0.717, 1.165) is 134 Å². The van der Waals surface area contributed by atoms with Gasteiger partial charge in [0.1, 0.15) is 61.5 Å². The molecule has 8 aliphatic rings. The van der Waals surface area contributed by atoms with Gasteiger partial charge in [-0.25, -0.2) is 19.9 Å². The van der Waals surface area contributed by atoms with E-state index in [2.05, 4.69) is 146 Å². The molecule has 676 valence electrons. The van der Waals surface area contributed by atoms with Crippen molar-refractivity contribution in [3.8, 4) is 40.6 Å². The molecule has 7 fully saturated rings. The molecule has 36 nitrogen and oxygen atoms in total. The van der Waals surface area contributed by atoms with Crippen molar-refractivity contribution >= 4 is 107 Å². The summed E-state index contributed by atoms with van der Waals surface area (Å²) >= 11 is 0. The highest BCUT2D eigenvalue weighted by Crippen LogP contribution is 2.63. The number of rotatable bonds is 30. The van der Waals surface area contributed by atoms with E-state index < -0.39 is 0 Å². The van der Waals surface area contributed by atoms with E-state index in [1.54, 1.807) is 117 Å². The molecule has 8 N–H and O–H groups in total. The number of nitrogens with zero attached hydrogens (tertiary/aromatic N) is 20. The van der Waals surface area contributed by atoms with Gasteiger partial charge in [0.2, 0.25) is 5.91 Å². The fraction of sp³-hybridized carbons (Fsp3) is 0.271. The average Bonchev–Trinajstić information content (AvgIpc) is 1.29. The number of methoxy groups -OCH3 is 4. The number of nitrogens with one attached hydrogen (secondary N) is 8. The van der Waals surface area contributed by atoms with Gasteiger partial charge in [0.25, 0.3) is 40.2 Å². The summed E-state index contributed by atoms with van der Waals surface area (Å²) in [5.41, 5.74) is 18.3. The van der Waals surface area contributed by atoms with Crippen molar-refractivity contribution in [1.29, 1.82) is 0 Å². The minimum Gasteiger partial charge on any atom is -0.478 e. The molecule has 2 unspecified atom stereocenters. The highest BCUT2D eigenvalue weighted by Gasteiger charge is 2.59. The van der Waals surface area contributed by atoms with Crippen molar-refractivity contribution in [3.05, 3.63) is 284 Å². The third-order valence-electron chi connectivity index (χ3n) is 25.2. The Bertz CT molecular complexity index is 7170. The van der Waals surface area contributed by atoms with Gasteiger partial charge in [0, 0.05) is 124 Å². The first-order valence-electron chi connectivity index (χ1n) is 43.3. The van der Waals surface area contributed by atoms with Gasteiger partial charge in [-0.1, -0.05) is 70.8 Å². The number of aryl methyl sites for hydroxylation is 4. The zero-order chi connectivity index (χ0) is 92.2. The standard InChI is InChI=1S/C26H27N7O2.C25H27N7O2.C24H25N7O2.C21H25N7O2/c1-5-16(2)28-18-7-6-8-19(9-18)32-14-20(29-21-13-31(3)30-24(21)35-4)22-23(25(32)34)33(15-27-22)26-10-17(11-26)12-26;1-5-16(2)27-17-8-6-11-19(12-17)31-14-20(28-21-13-30(3)29-24(21)34-4)22-23(25(31)33)32(15-26-22)18-9-7-10-18;1-5-15(2)26-16-7-6-8-18(11-16)30-13-19(27-20-12-29(3)28-23(20)33-4)21-22(24(30)32)31(14-25-21)17-9-10-17;1-5-18(29)28-7-14-13(15(14)8-28)6-27-10-16(20-19(12(27)2)22-11-23-20)24-17-9-26(3)25-21(17)30-4/h5-9,13-15,17,28-29H,1-2,10-12H2,3-4H3;5-6,8,11-15,18,27-28H,1-2,7,9-10H2,3-4H3;5-8,11-14,17,26-27H,1-2,9-10H2,3-4H3;5,9-11,13-15,24H,1-2,6-8H2,3-4H3,(H,22,23). The number of ether oxygens (including phenoxy) is 4. The maximum absolute atomic E-state index is 13.9. The van der Waals surface area contributed by atoms with Crippen molar-refractivity contribution in [3.63, 3.8) is 0 Å². The SMILES string of the molecule is C=CC(=C)Nc1cccc(-n2cc(Nc3cn(C)nc3OC)c3ncn(C45CC(C4)C5)c3c2=O)c1.C=CC(=C)Nc1cccc(-n2cc(Nc3cn(C)nc3OC)c3ncn(C4CC4)c3c2=O)c1.C=CC(=C)Nc1cccc(-n2cc(Nc3cn(C)nc3OC)c3ncn(C4CCC4)c3c2=O)c1.C=CC(=O)N1CC2C(CN3C=C(Nc4cn(C)nc4OC)c4nc[nH]c4C3=C)C2C1. The van der Waals surface area contributed by atoms with E-state index in [4.69, 9.17) is 23.9 Å². The zero-order valence-corrected chi connectivity index (χ0v) is 74.8. The lowest BCUT2D eigenvalue weighted by Crippen LogP contribution is -2.59. The van der Waals surface area contributed by atoms with Gasteiger partial charge in [-0.2, -0.15) is 0 Å². The Labute approximate surface area is 759 Å². The molecule has 0 spiro atoms. The second-order valence-corrected chi connectivity index (χ2v) is 34.0. The van der Waals surface area contributed by atoms with Gasteiger partial charge in [-0.05, 0) is 154 Å². The van der Waals surface area contributed by atoms with E-state index in [-0.39, 0.29) is 28.1 Å². The molecule has 2 aliphatic heterocycles. The van der Waals surface area contributed by atoms with E-state index in [9.17, 15) is 19.2 Å². The Morgan fingerprint density at radius 3 is 1.27 bits per heavy atom. The first kappa shape index (κ1) is 86.4. The van der Waals surface area contributed by atoms with Crippen LogP contribution < -0.4 is 72.8 Å². The van der Waals surface area contributed by atoms with Gasteiger partial charge in [0.15, 0.2) is 0 Å². The number of hydrogen-bond acceptors (Lipinski definition) is 24. The molecule has 2 atom stereocenters. The molecule has 14 aromatic rings. The number of carbonyl (C=O) groups is 1. The molecular formula is C96H104N28O8. The fourth-order valence-electron chi connectivity index (χ4n) is 18.1. The smallest absolute Gasteiger partial charge is 0.281 e. The van der Waals surface area contributed by atoms with Crippen molar-refractivity contribution in [2.45, 2.75) is 69.0 Å². The van der Waals surface area contributed by atoms with Crippen LogP contribution >= 0.6 is 0 Å².